The minimum Gasteiger partial charge on any atom is -0.342 e. The summed E-state index contributed by atoms with van der Waals surface area (Å²) in [6, 6.07) is 9.36. The summed E-state index contributed by atoms with van der Waals surface area (Å²) in [4.78, 5) is 27.6. The van der Waals surface area contributed by atoms with Crippen LogP contribution in [0, 0.1) is 5.92 Å². The Labute approximate surface area is 158 Å². The maximum Gasteiger partial charge on any atom is 0.250 e. The van der Waals surface area contributed by atoms with Gasteiger partial charge >= 0.3 is 0 Å². The molecule has 0 aliphatic carbocycles. The van der Waals surface area contributed by atoms with Gasteiger partial charge < -0.3 is 14.0 Å². The van der Waals surface area contributed by atoms with Crippen molar-refractivity contribution in [3.63, 3.8) is 0 Å². The molecular formula is C20H25N3O2S. The molecule has 138 valence electrons. The average Bonchev–Trinajstić information content (AvgIpc) is 3.17. The van der Waals surface area contributed by atoms with Gasteiger partial charge in [-0.3, -0.25) is 9.59 Å². The molecule has 1 fully saturated rings. The lowest BCUT2D eigenvalue weighted by molar-refractivity contribution is -0.137. The van der Waals surface area contributed by atoms with Crippen LogP contribution in [0.3, 0.4) is 0 Å². The summed E-state index contributed by atoms with van der Waals surface area (Å²) in [5, 5.41) is 0. The standard InChI is InChI=1S/C20H25N3O2S/c1-26-10-7-18(21-8-2-3-9-21)20(25)22-12-15-11-16(14-22)17-5-4-6-19(24)23(17)13-15/h2-6,8-9,15-16,18H,7,10-14H2,1H3. The van der Waals surface area contributed by atoms with Crippen molar-refractivity contribution in [2.24, 2.45) is 5.92 Å². The highest BCUT2D eigenvalue weighted by molar-refractivity contribution is 7.98. The number of rotatable bonds is 5. The van der Waals surface area contributed by atoms with Crippen molar-refractivity contribution in [2.75, 3.05) is 25.1 Å². The molecular weight excluding hydrogens is 346 g/mol. The molecule has 2 aliphatic heterocycles. The van der Waals surface area contributed by atoms with E-state index in [2.05, 4.69) is 6.26 Å². The molecule has 0 N–H and O–H groups in total. The third kappa shape index (κ3) is 3.22. The number of carbonyl (C=O) groups is 1. The van der Waals surface area contributed by atoms with E-state index in [9.17, 15) is 9.59 Å². The van der Waals surface area contributed by atoms with E-state index in [4.69, 9.17) is 0 Å². The second-order valence-corrected chi connectivity index (χ2v) is 8.35. The zero-order valence-corrected chi connectivity index (χ0v) is 15.9. The Morgan fingerprint density at radius 1 is 1.19 bits per heavy atom. The van der Waals surface area contributed by atoms with Crippen molar-refractivity contribution in [2.45, 2.75) is 31.3 Å². The van der Waals surface area contributed by atoms with Crippen LogP contribution in [0.5, 0.6) is 0 Å². The van der Waals surface area contributed by atoms with E-state index in [1.807, 2.05) is 50.7 Å². The second-order valence-electron chi connectivity index (χ2n) is 7.37. The topological polar surface area (TPSA) is 47.2 Å². The van der Waals surface area contributed by atoms with Gasteiger partial charge in [0.25, 0.3) is 5.56 Å². The SMILES string of the molecule is CSCCC(C(=O)N1CC2CC(C1)c1cccc(=O)n1C2)n1cccc1. The van der Waals surface area contributed by atoms with E-state index in [0.717, 1.165) is 43.9 Å². The molecule has 3 unspecified atom stereocenters. The Bertz CT molecular complexity index is 830. The van der Waals surface area contributed by atoms with Crippen molar-refractivity contribution < 1.29 is 4.79 Å². The van der Waals surface area contributed by atoms with Crippen LogP contribution in [0.25, 0.3) is 0 Å². The van der Waals surface area contributed by atoms with E-state index >= 15 is 0 Å². The summed E-state index contributed by atoms with van der Waals surface area (Å²) in [5.41, 5.74) is 1.18. The van der Waals surface area contributed by atoms with Crippen molar-refractivity contribution in [1.29, 1.82) is 0 Å². The Hall–Kier alpha value is -1.95. The highest BCUT2D eigenvalue weighted by Crippen LogP contribution is 2.36. The monoisotopic (exact) mass is 371 g/mol. The summed E-state index contributed by atoms with van der Waals surface area (Å²) in [5.74, 6) is 1.83. The second kappa shape index (κ2) is 7.35. The molecule has 1 saturated heterocycles. The van der Waals surface area contributed by atoms with Crippen LogP contribution < -0.4 is 5.56 Å². The number of pyridine rings is 1. The Morgan fingerprint density at radius 2 is 2.00 bits per heavy atom. The van der Waals surface area contributed by atoms with Gasteiger partial charge in [0, 0.05) is 49.7 Å². The molecule has 6 heteroatoms. The lowest BCUT2D eigenvalue weighted by Gasteiger charge is -2.43. The summed E-state index contributed by atoms with van der Waals surface area (Å²) in [6.45, 7) is 2.21. The molecule has 2 aromatic rings. The van der Waals surface area contributed by atoms with Gasteiger partial charge in [0.15, 0.2) is 0 Å². The van der Waals surface area contributed by atoms with Gasteiger partial charge in [-0.15, -0.1) is 0 Å². The number of hydrogen-bond donors (Lipinski definition) is 0. The van der Waals surface area contributed by atoms with Crippen LogP contribution in [0.2, 0.25) is 0 Å². The first-order chi connectivity index (χ1) is 12.7. The number of carbonyl (C=O) groups excluding carboxylic acids is 1. The van der Waals surface area contributed by atoms with Crippen LogP contribution in [0.1, 0.15) is 30.5 Å². The highest BCUT2D eigenvalue weighted by Gasteiger charge is 2.38. The smallest absolute Gasteiger partial charge is 0.250 e. The molecule has 0 aromatic carbocycles. The number of hydrogen-bond acceptors (Lipinski definition) is 3. The number of amides is 1. The van der Waals surface area contributed by atoms with Gasteiger partial charge in [-0.1, -0.05) is 6.07 Å². The van der Waals surface area contributed by atoms with Gasteiger partial charge in [-0.25, -0.2) is 0 Å². The fourth-order valence-corrected chi connectivity index (χ4v) is 4.93. The van der Waals surface area contributed by atoms with Gasteiger partial charge in [0.05, 0.1) is 0 Å². The number of thioether (sulfide) groups is 1. The van der Waals surface area contributed by atoms with Crippen LogP contribution in [-0.2, 0) is 11.3 Å². The van der Waals surface area contributed by atoms with Gasteiger partial charge in [0.1, 0.15) is 6.04 Å². The Kier molecular flexibility index (Phi) is 4.94. The van der Waals surface area contributed by atoms with Crippen LogP contribution in [0.15, 0.2) is 47.5 Å². The van der Waals surface area contributed by atoms with Crippen molar-refractivity contribution in [1.82, 2.24) is 14.0 Å². The summed E-state index contributed by atoms with van der Waals surface area (Å²) in [7, 11) is 0. The van der Waals surface area contributed by atoms with Crippen molar-refractivity contribution in [3.8, 4) is 0 Å². The summed E-state index contributed by atoms with van der Waals surface area (Å²) in [6.07, 6.45) is 7.98. The zero-order chi connectivity index (χ0) is 18.1. The molecule has 4 rings (SSSR count). The molecule has 26 heavy (non-hydrogen) atoms. The van der Waals surface area contributed by atoms with Crippen LogP contribution in [-0.4, -0.2) is 45.0 Å². The summed E-state index contributed by atoms with van der Waals surface area (Å²) >= 11 is 1.78. The highest BCUT2D eigenvalue weighted by atomic mass is 32.2. The average molecular weight is 372 g/mol. The molecule has 3 atom stereocenters. The Balaban J connectivity index is 1.57. The zero-order valence-electron chi connectivity index (χ0n) is 15.1. The third-order valence-corrected chi connectivity index (χ3v) is 6.30. The van der Waals surface area contributed by atoms with Crippen molar-refractivity contribution >= 4 is 17.7 Å². The van der Waals surface area contributed by atoms with Gasteiger partial charge in [-0.2, -0.15) is 11.8 Å². The van der Waals surface area contributed by atoms with E-state index in [-0.39, 0.29) is 23.4 Å². The normalized spacial score (nSPS) is 22.7. The number of aromatic nitrogens is 2. The number of likely N-dealkylation sites (tertiary alicyclic amines) is 1. The predicted octanol–water partition coefficient (Wildman–Crippen LogP) is 2.59. The molecule has 0 saturated carbocycles. The molecule has 4 heterocycles. The molecule has 0 radical (unpaired) electrons. The minimum atomic E-state index is -0.130. The largest absolute Gasteiger partial charge is 0.342 e. The Morgan fingerprint density at radius 3 is 2.77 bits per heavy atom. The first kappa shape index (κ1) is 17.5. The van der Waals surface area contributed by atoms with Gasteiger partial charge in [-0.05, 0) is 49.0 Å². The minimum absolute atomic E-state index is 0.0853. The maximum absolute atomic E-state index is 13.3. The number of piperidine rings is 1. The van der Waals surface area contributed by atoms with E-state index in [1.165, 1.54) is 0 Å². The molecule has 2 aliphatic rings. The maximum atomic E-state index is 13.3. The summed E-state index contributed by atoms with van der Waals surface area (Å²) < 4.78 is 3.96. The van der Waals surface area contributed by atoms with Crippen LogP contribution in [0.4, 0.5) is 0 Å². The molecule has 2 bridgehead atoms. The van der Waals surface area contributed by atoms with Crippen LogP contribution >= 0.6 is 11.8 Å². The quantitative estimate of drug-likeness (QED) is 0.812. The molecule has 0 spiro atoms. The predicted molar refractivity (Wildman–Crippen MR) is 105 cm³/mol. The first-order valence-corrected chi connectivity index (χ1v) is 10.7. The number of nitrogens with zero attached hydrogens (tertiary/aromatic N) is 3. The molecule has 1 amide bonds. The first-order valence-electron chi connectivity index (χ1n) is 9.27. The lowest BCUT2D eigenvalue weighted by Crippen LogP contribution is -2.50. The molecule has 2 aromatic heterocycles. The third-order valence-electron chi connectivity index (χ3n) is 5.66. The lowest BCUT2D eigenvalue weighted by atomic mass is 9.83. The van der Waals surface area contributed by atoms with E-state index in [0.29, 0.717) is 5.92 Å². The van der Waals surface area contributed by atoms with E-state index in [1.54, 1.807) is 17.8 Å². The van der Waals surface area contributed by atoms with Gasteiger partial charge in [0.2, 0.25) is 5.91 Å². The fourth-order valence-electron chi connectivity index (χ4n) is 4.47. The number of fused-ring (bicyclic) bond motifs is 4. The van der Waals surface area contributed by atoms with E-state index < -0.39 is 0 Å². The fraction of sp³-hybridized carbons (Fsp3) is 0.500. The molecule has 5 nitrogen and oxygen atoms in total. The van der Waals surface area contributed by atoms with Crippen molar-refractivity contribution in [3.05, 3.63) is 58.8 Å².